The molecule has 0 spiro atoms. The second-order valence-electron chi connectivity index (χ2n) is 3.42. The van der Waals surface area contributed by atoms with Gasteiger partial charge in [0, 0.05) is 37.7 Å². The standard InChI is InChI=1S/C11H19N3S2/c15-6-4-12-8-10-2-1-3-11(14-10)9-13-5-7-16/h1-3,12-13,15-16H,4-9H2. The van der Waals surface area contributed by atoms with Crippen LogP contribution in [0.3, 0.4) is 0 Å². The van der Waals surface area contributed by atoms with Crippen LogP contribution in [-0.4, -0.2) is 29.6 Å². The van der Waals surface area contributed by atoms with Crippen molar-refractivity contribution in [3.8, 4) is 0 Å². The second kappa shape index (κ2) is 8.87. The summed E-state index contributed by atoms with van der Waals surface area (Å²) in [4.78, 5) is 4.54. The summed E-state index contributed by atoms with van der Waals surface area (Å²) in [6, 6.07) is 6.11. The van der Waals surface area contributed by atoms with E-state index in [4.69, 9.17) is 0 Å². The first-order chi connectivity index (χ1) is 7.86. The molecular weight excluding hydrogens is 238 g/mol. The molecule has 0 atom stereocenters. The molecule has 0 aliphatic heterocycles. The highest BCUT2D eigenvalue weighted by atomic mass is 32.1. The lowest BCUT2D eigenvalue weighted by atomic mass is 10.3. The van der Waals surface area contributed by atoms with Gasteiger partial charge in [0.25, 0.3) is 0 Å². The smallest absolute Gasteiger partial charge is 0.0545 e. The van der Waals surface area contributed by atoms with Gasteiger partial charge in [-0.2, -0.15) is 25.3 Å². The maximum absolute atomic E-state index is 4.54. The number of thiol groups is 2. The molecule has 1 rings (SSSR count). The fraction of sp³-hybridized carbons (Fsp3) is 0.545. The largest absolute Gasteiger partial charge is 0.310 e. The Morgan fingerprint density at radius 3 is 1.88 bits per heavy atom. The lowest BCUT2D eigenvalue weighted by molar-refractivity contribution is 0.687. The predicted molar refractivity (Wildman–Crippen MR) is 75.4 cm³/mol. The van der Waals surface area contributed by atoms with Gasteiger partial charge in [-0.05, 0) is 12.1 Å². The molecule has 0 bridgehead atoms. The molecule has 0 aliphatic carbocycles. The Morgan fingerprint density at radius 2 is 1.44 bits per heavy atom. The van der Waals surface area contributed by atoms with Crippen molar-refractivity contribution in [2.24, 2.45) is 0 Å². The van der Waals surface area contributed by atoms with Crippen molar-refractivity contribution >= 4 is 25.3 Å². The normalized spacial score (nSPS) is 10.6. The molecule has 1 heterocycles. The zero-order valence-electron chi connectivity index (χ0n) is 9.32. The molecule has 0 aromatic carbocycles. The molecule has 0 amide bonds. The van der Waals surface area contributed by atoms with E-state index >= 15 is 0 Å². The number of hydrogen-bond donors (Lipinski definition) is 4. The molecular formula is C11H19N3S2. The van der Waals surface area contributed by atoms with Gasteiger partial charge in [-0.3, -0.25) is 4.98 Å². The number of rotatable bonds is 8. The van der Waals surface area contributed by atoms with Crippen LogP contribution in [0.2, 0.25) is 0 Å². The summed E-state index contributed by atoms with van der Waals surface area (Å²) >= 11 is 8.29. The van der Waals surface area contributed by atoms with Crippen LogP contribution in [-0.2, 0) is 13.1 Å². The average Bonchev–Trinajstić information content (AvgIpc) is 2.30. The summed E-state index contributed by atoms with van der Waals surface area (Å²) < 4.78 is 0. The lowest BCUT2D eigenvalue weighted by Crippen LogP contribution is -2.19. The van der Waals surface area contributed by atoms with Crippen molar-refractivity contribution in [1.29, 1.82) is 0 Å². The van der Waals surface area contributed by atoms with Crippen LogP contribution in [0, 0.1) is 0 Å². The number of pyridine rings is 1. The third-order valence-corrected chi connectivity index (χ3v) is 2.50. The summed E-state index contributed by atoms with van der Waals surface area (Å²) in [6.07, 6.45) is 0. The fourth-order valence-electron chi connectivity index (χ4n) is 1.32. The summed E-state index contributed by atoms with van der Waals surface area (Å²) in [5.74, 6) is 1.70. The van der Waals surface area contributed by atoms with E-state index in [-0.39, 0.29) is 0 Å². The summed E-state index contributed by atoms with van der Waals surface area (Å²) in [5, 5.41) is 6.55. The molecule has 0 aliphatic rings. The Labute approximate surface area is 108 Å². The number of nitrogens with one attached hydrogen (secondary N) is 2. The van der Waals surface area contributed by atoms with E-state index in [1.54, 1.807) is 0 Å². The van der Waals surface area contributed by atoms with E-state index < -0.39 is 0 Å². The highest BCUT2D eigenvalue weighted by Gasteiger charge is 1.97. The maximum atomic E-state index is 4.54. The minimum absolute atomic E-state index is 0.807. The maximum Gasteiger partial charge on any atom is 0.0545 e. The van der Waals surface area contributed by atoms with Gasteiger partial charge < -0.3 is 10.6 Å². The Bertz CT molecular complexity index is 269. The SMILES string of the molecule is SCCNCc1cccc(CNCCS)n1. The van der Waals surface area contributed by atoms with Gasteiger partial charge in [-0.25, -0.2) is 0 Å². The van der Waals surface area contributed by atoms with Gasteiger partial charge >= 0.3 is 0 Å². The zero-order valence-corrected chi connectivity index (χ0v) is 11.1. The van der Waals surface area contributed by atoms with Gasteiger partial charge in [-0.1, -0.05) is 6.07 Å². The molecule has 1 aromatic heterocycles. The first-order valence-electron chi connectivity index (χ1n) is 5.45. The first kappa shape index (κ1) is 13.8. The molecule has 16 heavy (non-hydrogen) atoms. The third kappa shape index (κ3) is 5.75. The average molecular weight is 257 g/mol. The van der Waals surface area contributed by atoms with Crippen LogP contribution >= 0.6 is 25.3 Å². The molecule has 0 fully saturated rings. The van der Waals surface area contributed by atoms with Gasteiger partial charge in [0.2, 0.25) is 0 Å². The highest BCUT2D eigenvalue weighted by molar-refractivity contribution is 7.80. The Morgan fingerprint density at radius 1 is 0.938 bits per heavy atom. The van der Waals surface area contributed by atoms with E-state index in [1.165, 1.54) is 0 Å². The van der Waals surface area contributed by atoms with Gasteiger partial charge in [0.05, 0.1) is 11.4 Å². The van der Waals surface area contributed by atoms with Crippen molar-refractivity contribution in [1.82, 2.24) is 15.6 Å². The monoisotopic (exact) mass is 257 g/mol. The molecule has 0 saturated heterocycles. The van der Waals surface area contributed by atoms with Crippen LogP contribution in [0.25, 0.3) is 0 Å². The highest BCUT2D eigenvalue weighted by Crippen LogP contribution is 1.99. The Balaban J connectivity index is 2.37. The van der Waals surface area contributed by atoms with E-state index in [2.05, 4.69) is 40.9 Å². The topological polar surface area (TPSA) is 37.0 Å². The summed E-state index contributed by atoms with van der Waals surface area (Å²) in [6.45, 7) is 3.43. The van der Waals surface area contributed by atoms with Crippen molar-refractivity contribution in [3.63, 3.8) is 0 Å². The number of nitrogens with zero attached hydrogens (tertiary/aromatic N) is 1. The molecule has 2 N–H and O–H groups in total. The van der Waals surface area contributed by atoms with E-state index in [1.807, 2.05) is 18.2 Å². The summed E-state index contributed by atoms with van der Waals surface area (Å²) in [7, 11) is 0. The van der Waals surface area contributed by atoms with Crippen LogP contribution in [0.4, 0.5) is 0 Å². The van der Waals surface area contributed by atoms with E-state index in [0.29, 0.717) is 0 Å². The van der Waals surface area contributed by atoms with Crippen molar-refractivity contribution < 1.29 is 0 Å². The fourth-order valence-corrected chi connectivity index (χ4v) is 1.63. The van der Waals surface area contributed by atoms with Crippen LogP contribution in [0.1, 0.15) is 11.4 Å². The molecule has 90 valence electrons. The number of hydrogen-bond acceptors (Lipinski definition) is 5. The van der Waals surface area contributed by atoms with Crippen molar-refractivity contribution in [2.75, 3.05) is 24.6 Å². The quantitative estimate of drug-likeness (QED) is 0.416. The Hall–Kier alpha value is -0.230. The molecule has 3 nitrogen and oxygen atoms in total. The predicted octanol–water partition coefficient (Wildman–Crippen LogP) is 1.12. The van der Waals surface area contributed by atoms with Crippen LogP contribution < -0.4 is 10.6 Å². The van der Waals surface area contributed by atoms with Gasteiger partial charge in [0.1, 0.15) is 0 Å². The van der Waals surface area contributed by atoms with Crippen LogP contribution in [0.5, 0.6) is 0 Å². The van der Waals surface area contributed by atoms with Crippen LogP contribution in [0.15, 0.2) is 18.2 Å². The zero-order chi connectivity index (χ0) is 11.6. The Kier molecular flexibility index (Phi) is 7.67. The van der Waals surface area contributed by atoms with E-state index in [9.17, 15) is 0 Å². The first-order valence-corrected chi connectivity index (χ1v) is 6.71. The minimum atomic E-state index is 0.807. The van der Waals surface area contributed by atoms with Gasteiger partial charge in [-0.15, -0.1) is 0 Å². The molecule has 0 saturated carbocycles. The second-order valence-corrected chi connectivity index (χ2v) is 4.32. The lowest BCUT2D eigenvalue weighted by Gasteiger charge is -2.06. The third-order valence-electron chi connectivity index (χ3n) is 2.05. The van der Waals surface area contributed by atoms with Gasteiger partial charge in [0.15, 0.2) is 0 Å². The molecule has 0 unspecified atom stereocenters. The van der Waals surface area contributed by atoms with Crippen molar-refractivity contribution in [3.05, 3.63) is 29.6 Å². The molecule has 1 aromatic rings. The summed E-state index contributed by atoms with van der Waals surface area (Å²) in [5.41, 5.74) is 2.15. The van der Waals surface area contributed by atoms with Crippen molar-refractivity contribution in [2.45, 2.75) is 13.1 Å². The minimum Gasteiger partial charge on any atom is -0.310 e. The van der Waals surface area contributed by atoms with E-state index in [0.717, 1.165) is 49.1 Å². The molecule has 0 radical (unpaired) electrons. The molecule has 5 heteroatoms. The number of aromatic nitrogens is 1.